The molecule has 1 rings (SSSR count). The third-order valence-electron chi connectivity index (χ3n) is 3.72. The van der Waals surface area contributed by atoms with Crippen molar-refractivity contribution in [1.29, 1.82) is 0 Å². The van der Waals surface area contributed by atoms with Crippen molar-refractivity contribution in [2.75, 3.05) is 6.54 Å². The maximum absolute atomic E-state index is 12.4. The second-order valence-electron chi connectivity index (χ2n) is 5.83. The van der Waals surface area contributed by atoms with Gasteiger partial charge in [0.1, 0.15) is 4.99 Å². The number of rotatable bonds is 6. The van der Waals surface area contributed by atoms with E-state index in [0.29, 0.717) is 18.0 Å². The van der Waals surface area contributed by atoms with Crippen molar-refractivity contribution in [1.82, 2.24) is 4.72 Å². The second kappa shape index (κ2) is 6.20. The molecule has 4 nitrogen and oxygen atoms in total. The molecule has 0 atom stereocenters. The standard InChI is InChI=1S/C14H22N2O2S2/c1-10(2)14(3,4)9-16-20(17,18)12-8-6-5-7-11(12)13(15)19/h5-8,10,16H,9H2,1-4H3,(H2,15,19). The first-order valence-corrected chi connectivity index (χ1v) is 8.35. The van der Waals surface area contributed by atoms with E-state index in [0.717, 1.165) is 0 Å². The lowest BCUT2D eigenvalue weighted by atomic mass is 9.81. The summed E-state index contributed by atoms with van der Waals surface area (Å²) in [4.78, 5) is 0.209. The number of thiocarbonyl (C=S) groups is 1. The van der Waals surface area contributed by atoms with Gasteiger partial charge in [0.25, 0.3) is 0 Å². The van der Waals surface area contributed by atoms with Gasteiger partial charge in [-0.15, -0.1) is 0 Å². The van der Waals surface area contributed by atoms with Crippen LogP contribution in [0.2, 0.25) is 0 Å². The quantitative estimate of drug-likeness (QED) is 0.790. The van der Waals surface area contributed by atoms with E-state index < -0.39 is 10.0 Å². The largest absolute Gasteiger partial charge is 0.389 e. The SMILES string of the molecule is CC(C)C(C)(C)CNS(=O)(=O)c1ccccc1C(N)=S. The van der Waals surface area contributed by atoms with Crippen LogP contribution in [0, 0.1) is 11.3 Å². The first-order chi connectivity index (χ1) is 9.08. The molecule has 0 bridgehead atoms. The van der Waals surface area contributed by atoms with E-state index >= 15 is 0 Å². The Balaban J connectivity index is 3.05. The van der Waals surface area contributed by atoms with Crippen LogP contribution in [0.5, 0.6) is 0 Å². The fraction of sp³-hybridized carbons (Fsp3) is 0.500. The zero-order chi connectivity index (χ0) is 15.6. The van der Waals surface area contributed by atoms with Gasteiger partial charge in [0.05, 0.1) is 4.90 Å². The number of hydrogen-bond acceptors (Lipinski definition) is 3. The third-order valence-corrected chi connectivity index (χ3v) is 5.40. The van der Waals surface area contributed by atoms with Gasteiger partial charge in [0, 0.05) is 12.1 Å². The Bertz CT molecular complexity index is 593. The average molecular weight is 314 g/mol. The molecule has 0 radical (unpaired) electrons. The van der Waals surface area contributed by atoms with Gasteiger partial charge >= 0.3 is 0 Å². The van der Waals surface area contributed by atoms with E-state index in [1.165, 1.54) is 6.07 Å². The first-order valence-electron chi connectivity index (χ1n) is 6.46. The van der Waals surface area contributed by atoms with Crippen molar-refractivity contribution in [3.63, 3.8) is 0 Å². The predicted octanol–water partition coefficient (Wildman–Crippen LogP) is 2.28. The Kier molecular flexibility index (Phi) is 5.29. The molecule has 0 heterocycles. The van der Waals surface area contributed by atoms with Gasteiger partial charge in [0.2, 0.25) is 10.0 Å². The van der Waals surface area contributed by atoms with Gasteiger partial charge < -0.3 is 5.73 Å². The number of sulfonamides is 1. The minimum Gasteiger partial charge on any atom is -0.389 e. The Morgan fingerprint density at radius 3 is 2.40 bits per heavy atom. The van der Waals surface area contributed by atoms with Crippen LogP contribution in [0.3, 0.4) is 0 Å². The molecule has 0 saturated heterocycles. The van der Waals surface area contributed by atoms with E-state index in [9.17, 15) is 8.42 Å². The van der Waals surface area contributed by atoms with Crippen LogP contribution in [-0.4, -0.2) is 20.0 Å². The smallest absolute Gasteiger partial charge is 0.241 e. The summed E-state index contributed by atoms with van der Waals surface area (Å²) in [6, 6.07) is 6.50. The summed E-state index contributed by atoms with van der Waals surface area (Å²) in [7, 11) is -3.62. The van der Waals surface area contributed by atoms with Crippen molar-refractivity contribution in [2.45, 2.75) is 32.6 Å². The van der Waals surface area contributed by atoms with Gasteiger partial charge in [-0.1, -0.05) is 58.1 Å². The van der Waals surface area contributed by atoms with Crippen molar-refractivity contribution in [2.24, 2.45) is 17.1 Å². The van der Waals surface area contributed by atoms with Crippen LogP contribution < -0.4 is 10.5 Å². The number of nitrogens with two attached hydrogens (primary N) is 1. The molecule has 0 aliphatic rings. The topological polar surface area (TPSA) is 72.2 Å². The fourth-order valence-corrected chi connectivity index (χ4v) is 3.15. The zero-order valence-electron chi connectivity index (χ0n) is 12.3. The summed E-state index contributed by atoms with van der Waals surface area (Å²) in [6.07, 6.45) is 0. The Morgan fingerprint density at radius 1 is 1.35 bits per heavy atom. The van der Waals surface area contributed by atoms with Gasteiger partial charge in [-0.25, -0.2) is 13.1 Å². The molecule has 0 amide bonds. The molecule has 0 aromatic heterocycles. The van der Waals surface area contributed by atoms with Crippen molar-refractivity contribution < 1.29 is 8.42 Å². The summed E-state index contributed by atoms with van der Waals surface area (Å²) < 4.78 is 27.5. The molecular formula is C14H22N2O2S2. The lowest BCUT2D eigenvalue weighted by Crippen LogP contribution is -2.37. The monoisotopic (exact) mass is 314 g/mol. The highest BCUT2D eigenvalue weighted by Crippen LogP contribution is 2.25. The van der Waals surface area contributed by atoms with Crippen LogP contribution in [0.4, 0.5) is 0 Å². The molecule has 6 heteroatoms. The van der Waals surface area contributed by atoms with Crippen LogP contribution >= 0.6 is 12.2 Å². The molecule has 0 aliphatic carbocycles. The number of benzene rings is 1. The van der Waals surface area contributed by atoms with Gasteiger partial charge in [-0.2, -0.15) is 0 Å². The van der Waals surface area contributed by atoms with E-state index in [2.05, 4.69) is 18.6 Å². The maximum atomic E-state index is 12.4. The molecule has 0 saturated carbocycles. The fourth-order valence-electron chi connectivity index (χ4n) is 1.47. The minimum atomic E-state index is -3.62. The average Bonchev–Trinajstić information content (AvgIpc) is 2.36. The lowest BCUT2D eigenvalue weighted by molar-refractivity contribution is 0.252. The summed E-state index contributed by atoms with van der Waals surface area (Å²) in [5.74, 6) is 0.357. The molecule has 0 unspecified atom stereocenters. The minimum absolute atomic E-state index is 0.0779. The van der Waals surface area contributed by atoms with Gasteiger partial charge in [-0.3, -0.25) is 0 Å². The number of nitrogens with one attached hydrogen (secondary N) is 1. The van der Waals surface area contributed by atoms with Crippen LogP contribution in [0.25, 0.3) is 0 Å². The van der Waals surface area contributed by atoms with E-state index in [4.69, 9.17) is 18.0 Å². The highest BCUT2D eigenvalue weighted by atomic mass is 32.2. The molecule has 0 aliphatic heterocycles. The zero-order valence-corrected chi connectivity index (χ0v) is 13.9. The second-order valence-corrected chi connectivity index (χ2v) is 8.00. The van der Waals surface area contributed by atoms with Crippen LogP contribution in [-0.2, 0) is 10.0 Å². The van der Waals surface area contributed by atoms with E-state index in [1.807, 2.05) is 13.8 Å². The Hall–Kier alpha value is -0.980. The molecule has 112 valence electrons. The summed E-state index contributed by atoms with van der Waals surface area (Å²) in [5.41, 5.74) is 5.82. The van der Waals surface area contributed by atoms with Gasteiger partial charge in [-0.05, 0) is 17.4 Å². The van der Waals surface area contributed by atoms with Crippen molar-refractivity contribution >= 4 is 27.2 Å². The van der Waals surface area contributed by atoms with Crippen molar-refractivity contribution in [3.8, 4) is 0 Å². The summed E-state index contributed by atoms with van der Waals surface area (Å²) >= 11 is 4.90. The third kappa shape index (κ3) is 4.01. The molecule has 1 aromatic carbocycles. The molecule has 0 fully saturated rings. The molecule has 1 aromatic rings. The van der Waals surface area contributed by atoms with E-state index in [1.54, 1.807) is 18.2 Å². The van der Waals surface area contributed by atoms with Crippen molar-refractivity contribution in [3.05, 3.63) is 29.8 Å². The van der Waals surface area contributed by atoms with E-state index in [-0.39, 0.29) is 15.3 Å². The molecule has 20 heavy (non-hydrogen) atoms. The van der Waals surface area contributed by atoms with Crippen LogP contribution in [0.15, 0.2) is 29.2 Å². The van der Waals surface area contributed by atoms with Gasteiger partial charge in [0.15, 0.2) is 0 Å². The van der Waals surface area contributed by atoms with Crippen LogP contribution in [0.1, 0.15) is 33.3 Å². The summed E-state index contributed by atoms with van der Waals surface area (Å²) in [6.45, 7) is 8.55. The number of hydrogen-bond donors (Lipinski definition) is 2. The highest BCUT2D eigenvalue weighted by molar-refractivity contribution is 7.89. The maximum Gasteiger partial charge on any atom is 0.241 e. The molecular weight excluding hydrogens is 292 g/mol. The lowest BCUT2D eigenvalue weighted by Gasteiger charge is -2.29. The highest BCUT2D eigenvalue weighted by Gasteiger charge is 2.26. The molecule has 0 spiro atoms. The first kappa shape index (κ1) is 17.1. The predicted molar refractivity (Wildman–Crippen MR) is 86.1 cm³/mol. The molecule has 3 N–H and O–H groups in total. The summed E-state index contributed by atoms with van der Waals surface area (Å²) in [5, 5.41) is 0. The normalized spacial score (nSPS) is 12.7. The Labute approximate surface area is 126 Å². The Morgan fingerprint density at radius 2 is 1.90 bits per heavy atom.